The number of carbonyl (C=O) groups excluding carboxylic acids is 2. The molecule has 0 unspecified atom stereocenters. The molecule has 108 valence electrons. The Kier molecular flexibility index (Phi) is 5.19. The molecule has 1 saturated heterocycles. The van der Waals surface area contributed by atoms with Crippen molar-refractivity contribution in [2.24, 2.45) is 11.7 Å². The molecule has 0 spiro atoms. The van der Waals surface area contributed by atoms with Gasteiger partial charge >= 0.3 is 0 Å². The van der Waals surface area contributed by atoms with E-state index in [-0.39, 0.29) is 23.8 Å². The van der Waals surface area contributed by atoms with Crippen LogP contribution < -0.4 is 11.1 Å². The largest absolute Gasteiger partial charge is 0.355 e. The summed E-state index contributed by atoms with van der Waals surface area (Å²) in [5.74, 6) is 0.367. The van der Waals surface area contributed by atoms with Gasteiger partial charge in [-0.05, 0) is 38.5 Å². The van der Waals surface area contributed by atoms with E-state index in [1.807, 2.05) is 4.90 Å². The average molecular weight is 267 g/mol. The molecule has 3 N–H and O–H groups in total. The van der Waals surface area contributed by atoms with E-state index in [0.717, 1.165) is 51.6 Å². The molecule has 1 aliphatic carbocycles. The van der Waals surface area contributed by atoms with Crippen molar-refractivity contribution in [3.05, 3.63) is 0 Å². The topological polar surface area (TPSA) is 75.4 Å². The molecular weight excluding hydrogens is 242 g/mol. The second-order valence-electron chi connectivity index (χ2n) is 5.74. The minimum absolute atomic E-state index is 0.0983. The smallest absolute Gasteiger partial charge is 0.224 e. The standard InChI is InChI=1S/C14H25N3O2/c15-12-5-3-11(4-6-12)14(19)16-8-7-13(18)17-9-1-2-10-17/h11-12H,1-10,15H2,(H,16,19). The third kappa shape index (κ3) is 4.20. The Labute approximate surface area is 114 Å². The molecule has 0 aromatic heterocycles. The second-order valence-corrected chi connectivity index (χ2v) is 5.74. The Morgan fingerprint density at radius 2 is 1.74 bits per heavy atom. The van der Waals surface area contributed by atoms with Gasteiger partial charge in [-0.15, -0.1) is 0 Å². The van der Waals surface area contributed by atoms with Gasteiger partial charge in [0, 0.05) is 38.0 Å². The first-order valence-electron chi connectivity index (χ1n) is 7.48. The van der Waals surface area contributed by atoms with E-state index < -0.39 is 0 Å². The van der Waals surface area contributed by atoms with Gasteiger partial charge in [0.05, 0.1) is 0 Å². The van der Waals surface area contributed by atoms with Gasteiger partial charge in [0.25, 0.3) is 0 Å². The summed E-state index contributed by atoms with van der Waals surface area (Å²) >= 11 is 0. The molecule has 2 aliphatic rings. The van der Waals surface area contributed by atoms with E-state index in [0.29, 0.717) is 13.0 Å². The van der Waals surface area contributed by atoms with Crippen LogP contribution in [0.25, 0.3) is 0 Å². The van der Waals surface area contributed by atoms with E-state index >= 15 is 0 Å². The fourth-order valence-electron chi connectivity index (χ4n) is 2.94. The molecule has 2 rings (SSSR count). The highest BCUT2D eigenvalue weighted by atomic mass is 16.2. The first kappa shape index (κ1) is 14.3. The summed E-state index contributed by atoms with van der Waals surface area (Å²) in [6.45, 7) is 2.23. The monoisotopic (exact) mass is 267 g/mol. The van der Waals surface area contributed by atoms with Crippen LogP contribution >= 0.6 is 0 Å². The van der Waals surface area contributed by atoms with Crippen LogP contribution in [-0.2, 0) is 9.59 Å². The molecule has 2 amide bonds. The highest BCUT2D eigenvalue weighted by molar-refractivity contribution is 5.80. The van der Waals surface area contributed by atoms with Crippen LogP contribution in [0.4, 0.5) is 0 Å². The molecule has 0 aromatic rings. The lowest BCUT2D eigenvalue weighted by Gasteiger charge is -2.25. The summed E-state index contributed by atoms with van der Waals surface area (Å²) in [5, 5.41) is 2.89. The zero-order valence-electron chi connectivity index (χ0n) is 11.6. The van der Waals surface area contributed by atoms with Gasteiger partial charge in [0.2, 0.25) is 11.8 Å². The van der Waals surface area contributed by atoms with Gasteiger partial charge in [-0.25, -0.2) is 0 Å². The lowest BCUT2D eigenvalue weighted by molar-refractivity contribution is -0.130. The summed E-state index contributed by atoms with van der Waals surface area (Å²) in [6, 6.07) is 0.265. The molecule has 0 bridgehead atoms. The number of rotatable bonds is 4. The Bertz CT molecular complexity index is 319. The number of carbonyl (C=O) groups is 2. The molecule has 0 radical (unpaired) electrons. The number of amides is 2. The van der Waals surface area contributed by atoms with Gasteiger partial charge in [0.1, 0.15) is 0 Å². The minimum atomic E-state index is 0.0983. The fraction of sp³-hybridized carbons (Fsp3) is 0.857. The van der Waals surface area contributed by atoms with Crippen LogP contribution in [0.5, 0.6) is 0 Å². The lowest BCUT2D eigenvalue weighted by Crippen LogP contribution is -2.38. The zero-order chi connectivity index (χ0) is 13.7. The summed E-state index contributed by atoms with van der Waals surface area (Å²) in [5.41, 5.74) is 5.82. The van der Waals surface area contributed by atoms with Crippen molar-refractivity contribution >= 4 is 11.8 Å². The Morgan fingerprint density at radius 1 is 1.11 bits per heavy atom. The van der Waals surface area contributed by atoms with Crippen molar-refractivity contribution in [1.29, 1.82) is 0 Å². The number of nitrogens with two attached hydrogens (primary N) is 1. The van der Waals surface area contributed by atoms with Crippen LogP contribution in [0.15, 0.2) is 0 Å². The van der Waals surface area contributed by atoms with E-state index in [2.05, 4.69) is 5.32 Å². The number of nitrogens with zero attached hydrogens (tertiary/aromatic N) is 1. The summed E-state index contributed by atoms with van der Waals surface area (Å²) in [4.78, 5) is 25.6. The van der Waals surface area contributed by atoms with Crippen LogP contribution in [0, 0.1) is 5.92 Å². The molecule has 1 saturated carbocycles. The zero-order valence-corrected chi connectivity index (χ0v) is 11.6. The van der Waals surface area contributed by atoms with Crippen molar-refractivity contribution < 1.29 is 9.59 Å². The van der Waals surface area contributed by atoms with E-state index in [1.54, 1.807) is 0 Å². The van der Waals surface area contributed by atoms with E-state index in [1.165, 1.54) is 0 Å². The van der Waals surface area contributed by atoms with Gasteiger partial charge in [-0.3, -0.25) is 9.59 Å². The molecule has 1 heterocycles. The molecular formula is C14H25N3O2. The van der Waals surface area contributed by atoms with Crippen molar-refractivity contribution in [3.63, 3.8) is 0 Å². The molecule has 2 fully saturated rings. The number of likely N-dealkylation sites (tertiary alicyclic amines) is 1. The molecule has 5 heteroatoms. The summed E-state index contributed by atoms with van der Waals surface area (Å²) in [6.07, 6.45) is 6.29. The second kappa shape index (κ2) is 6.89. The Hall–Kier alpha value is -1.10. The SMILES string of the molecule is NC1CCC(C(=O)NCCC(=O)N2CCCC2)CC1. The normalized spacial score (nSPS) is 27.3. The first-order chi connectivity index (χ1) is 9.16. The molecule has 0 atom stereocenters. The highest BCUT2D eigenvalue weighted by Gasteiger charge is 2.24. The number of nitrogens with one attached hydrogen (secondary N) is 1. The maximum atomic E-state index is 11.9. The van der Waals surface area contributed by atoms with Crippen LogP contribution in [0.1, 0.15) is 44.9 Å². The van der Waals surface area contributed by atoms with Crippen molar-refractivity contribution in [3.8, 4) is 0 Å². The Morgan fingerprint density at radius 3 is 2.37 bits per heavy atom. The molecule has 5 nitrogen and oxygen atoms in total. The third-order valence-corrected chi connectivity index (χ3v) is 4.24. The van der Waals surface area contributed by atoms with Gasteiger partial charge in [-0.1, -0.05) is 0 Å². The predicted molar refractivity (Wildman–Crippen MR) is 73.4 cm³/mol. The highest BCUT2D eigenvalue weighted by Crippen LogP contribution is 2.23. The molecule has 1 aliphatic heterocycles. The summed E-state index contributed by atoms with van der Waals surface area (Å²) in [7, 11) is 0. The van der Waals surface area contributed by atoms with E-state index in [4.69, 9.17) is 5.73 Å². The van der Waals surface area contributed by atoms with Gasteiger partial charge in [-0.2, -0.15) is 0 Å². The van der Waals surface area contributed by atoms with Crippen molar-refractivity contribution in [1.82, 2.24) is 10.2 Å². The first-order valence-corrected chi connectivity index (χ1v) is 7.48. The van der Waals surface area contributed by atoms with Crippen molar-refractivity contribution in [2.75, 3.05) is 19.6 Å². The quantitative estimate of drug-likeness (QED) is 0.784. The maximum absolute atomic E-state index is 11.9. The van der Waals surface area contributed by atoms with Gasteiger partial charge in [0.15, 0.2) is 0 Å². The average Bonchev–Trinajstić information content (AvgIpc) is 2.93. The molecule has 19 heavy (non-hydrogen) atoms. The van der Waals surface area contributed by atoms with E-state index in [9.17, 15) is 9.59 Å². The van der Waals surface area contributed by atoms with Crippen LogP contribution in [-0.4, -0.2) is 42.4 Å². The third-order valence-electron chi connectivity index (χ3n) is 4.24. The number of hydrogen-bond acceptors (Lipinski definition) is 3. The minimum Gasteiger partial charge on any atom is -0.355 e. The lowest BCUT2D eigenvalue weighted by atomic mass is 9.86. The van der Waals surface area contributed by atoms with Crippen LogP contribution in [0.3, 0.4) is 0 Å². The molecule has 0 aromatic carbocycles. The van der Waals surface area contributed by atoms with Crippen LogP contribution in [0.2, 0.25) is 0 Å². The summed E-state index contributed by atoms with van der Waals surface area (Å²) < 4.78 is 0. The maximum Gasteiger partial charge on any atom is 0.224 e. The Balaban J connectivity index is 1.62. The fourth-order valence-corrected chi connectivity index (χ4v) is 2.94. The number of hydrogen-bond donors (Lipinski definition) is 2. The van der Waals surface area contributed by atoms with Gasteiger partial charge < -0.3 is 16.0 Å². The van der Waals surface area contributed by atoms with Crippen molar-refractivity contribution in [2.45, 2.75) is 51.0 Å². The predicted octanol–water partition coefficient (Wildman–Crippen LogP) is 0.633.